The summed E-state index contributed by atoms with van der Waals surface area (Å²) in [4.78, 5) is 11.0. The Kier molecular flexibility index (Phi) is 18.1. The lowest BCUT2D eigenvalue weighted by Gasteiger charge is -2.19. The molecule has 0 aliphatic heterocycles. The lowest BCUT2D eigenvalue weighted by Crippen LogP contribution is -2.34. The van der Waals surface area contributed by atoms with Crippen molar-refractivity contribution in [2.75, 3.05) is 6.54 Å². The van der Waals surface area contributed by atoms with Crippen LogP contribution in [-0.4, -0.2) is 25.0 Å². The Bertz CT molecular complexity index is 275. The summed E-state index contributed by atoms with van der Waals surface area (Å²) in [7, 11) is 0. The molecule has 0 fully saturated rings. The molecule has 0 heterocycles. The quantitative estimate of drug-likeness (QED) is 0.218. The number of halogens is 1. The van der Waals surface area contributed by atoms with Crippen molar-refractivity contribution in [3.8, 4) is 0 Å². The third-order valence-corrected chi connectivity index (χ3v) is 3.31. The first-order valence-electron chi connectivity index (χ1n) is 8.32. The van der Waals surface area contributed by atoms with Crippen molar-refractivity contribution in [3.63, 3.8) is 0 Å². The maximum absolute atomic E-state index is 11.0. The van der Waals surface area contributed by atoms with Gasteiger partial charge in [-0.2, -0.15) is 0 Å². The molecule has 0 aromatic rings. The Balaban J connectivity index is 0. The topological polar surface area (TPSA) is 47.6 Å². The van der Waals surface area contributed by atoms with E-state index < -0.39 is 12.3 Å². The fraction of sp³-hybridized carbons (Fsp3) is 0.824. The van der Waals surface area contributed by atoms with Crippen molar-refractivity contribution in [1.82, 2.24) is 5.32 Å². The fourth-order valence-electron chi connectivity index (χ4n) is 2.14. The Morgan fingerprint density at radius 1 is 1.09 bits per heavy atom. The van der Waals surface area contributed by atoms with E-state index in [0.717, 1.165) is 19.0 Å². The summed E-state index contributed by atoms with van der Waals surface area (Å²) >= 11 is 0. The van der Waals surface area contributed by atoms with Gasteiger partial charge in [-0.15, -0.1) is 12.4 Å². The van der Waals surface area contributed by atoms with Crippen LogP contribution < -0.4 is 5.32 Å². The zero-order valence-corrected chi connectivity index (χ0v) is 15.3. The van der Waals surface area contributed by atoms with Gasteiger partial charge >= 0.3 is 5.97 Å². The van der Waals surface area contributed by atoms with Crippen molar-refractivity contribution >= 4 is 18.4 Å². The van der Waals surface area contributed by atoms with Gasteiger partial charge in [-0.05, 0) is 26.8 Å². The molecular formula is C17H34ClNO3. The number of rotatable bonds is 14. The number of ether oxygens (including phenoxy) is 2. The highest BCUT2D eigenvalue weighted by atomic mass is 35.5. The van der Waals surface area contributed by atoms with Gasteiger partial charge < -0.3 is 9.47 Å². The highest BCUT2D eigenvalue weighted by Crippen LogP contribution is 2.08. The van der Waals surface area contributed by atoms with Crippen LogP contribution in [0.25, 0.3) is 0 Å². The predicted octanol–water partition coefficient (Wildman–Crippen LogP) is 4.58. The maximum atomic E-state index is 11.0. The molecule has 4 nitrogen and oxygen atoms in total. The molecule has 0 bridgehead atoms. The molecule has 2 unspecified atom stereocenters. The van der Waals surface area contributed by atoms with Gasteiger partial charge in [0, 0.05) is 6.08 Å². The molecule has 0 aliphatic rings. The minimum Gasteiger partial charge on any atom is -0.433 e. The average molecular weight is 336 g/mol. The van der Waals surface area contributed by atoms with Crippen molar-refractivity contribution in [1.29, 1.82) is 0 Å². The molecule has 5 heteroatoms. The highest BCUT2D eigenvalue weighted by Gasteiger charge is 2.10. The number of carbonyl (C=O) groups excluding carboxylic acids is 1. The summed E-state index contributed by atoms with van der Waals surface area (Å²) in [6.45, 7) is 10.1. The van der Waals surface area contributed by atoms with Crippen LogP contribution >= 0.6 is 12.4 Å². The van der Waals surface area contributed by atoms with E-state index in [-0.39, 0.29) is 18.6 Å². The summed E-state index contributed by atoms with van der Waals surface area (Å²) in [5.74, 6) is -0.460. The number of hydrogen-bond acceptors (Lipinski definition) is 4. The number of nitrogens with one attached hydrogen (secondary N) is 1. The molecule has 0 amide bonds. The first-order chi connectivity index (χ1) is 10.1. The zero-order valence-electron chi connectivity index (χ0n) is 14.4. The molecular weight excluding hydrogens is 302 g/mol. The van der Waals surface area contributed by atoms with Crippen LogP contribution in [0.4, 0.5) is 0 Å². The monoisotopic (exact) mass is 335 g/mol. The number of unbranched alkanes of at least 4 members (excludes halogenated alkanes) is 7. The molecule has 0 spiro atoms. The van der Waals surface area contributed by atoms with Crippen LogP contribution in [0.3, 0.4) is 0 Å². The number of hydrogen-bond donors (Lipinski definition) is 1. The van der Waals surface area contributed by atoms with Crippen LogP contribution in [-0.2, 0) is 14.3 Å². The standard InChI is InChI=1S/C17H33NO3.ClH/c1-5-7-8-9-10-11-12-13-14-18-15(3)20-16(4)21-17(19)6-2;/h6,15-16,18H,2,5,7-14H2,1,3-4H3;1H. The molecule has 2 atom stereocenters. The SMILES string of the molecule is C=CC(=O)OC(C)OC(C)NCCCCCCCCCC.Cl. The smallest absolute Gasteiger partial charge is 0.332 e. The molecule has 0 saturated carbocycles. The Labute approximate surface area is 142 Å². The van der Waals surface area contributed by atoms with E-state index in [1.54, 1.807) is 6.92 Å². The first-order valence-corrected chi connectivity index (χ1v) is 8.32. The van der Waals surface area contributed by atoms with E-state index in [1.165, 1.54) is 44.9 Å². The van der Waals surface area contributed by atoms with Gasteiger partial charge in [-0.1, -0.05) is 58.4 Å². The second-order valence-corrected chi connectivity index (χ2v) is 5.42. The molecule has 0 aliphatic carbocycles. The van der Waals surface area contributed by atoms with Gasteiger partial charge in [0.1, 0.15) is 6.23 Å². The van der Waals surface area contributed by atoms with Gasteiger partial charge in [0.05, 0.1) is 0 Å². The average Bonchev–Trinajstić information content (AvgIpc) is 2.45. The molecule has 132 valence electrons. The van der Waals surface area contributed by atoms with Gasteiger partial charge in [-0.3, -0.25) is 5.32 Å². The summed E-state index contributed by atoms with van der Waals surface area (Å²) < 4.78 is 10.4. The predicted molar refractivity (Wildman–Crippen MR) is 94.2 cm³/mol. The second-order valence-electron chi connectivity index (χ2n) is 5.42. The normalized spacial score (nSPS) is 13.0. The zero-order chi connectivity index (χ0) is 15.9. The lowest BCUT2D eigenvalue weighted by molar-refractivity contribution is -0.180. The van der Waals surface area contributed by atoms with Crippen molar-refractivity contribution in [3.05, 3.63) is 12.7 Å². The van der Waals surface area contributed by atoms with Crippen molar-refractivity contribution in [2.24, 2.45) is 0 Å². The van der Waals surface area contributed by atoms with Crippen LogP contribution in [0.15, 0.2) is 12.7 Å². The summed E-state index contributed by atoms with van der Waals surface area (Å²) in [6, 6.07) is 0. The van der Waals surface area contributed by atoms with Crippen LogP contribution in [0.5, 0.6) is 0 Å². The molecule has 0 aromatic heterocycles. The van der Waals surface area contributed by atoms with Gasteiger partial charge in [-0.25, -0.2) is 4.79 Å². The number of esters is 1. The molecule has 22 heavy (non-hydrogen) atoms. The molecule has 1 N–H and O–H groups in total. The second kappa shape index (κ2) is 16.8. The van der Waals surface area contributed by atoms with Crippen molar-refractivity contribution in [2.45, 2.75) is 84.7 Å². The molecule has 0 saturated heterocycles. The molecule has 0 rings (SSSR count). The van der Waals surface area contributed by atoms with E-state index >= 15 is 0 Å². The van der Waals surface area contributed by atoms with E-state index in [1.807, 2.05) is 6.92 Å². The Morgan fingerprint density at radius 3 is 2.18 bits per heavy atom. The maximum Gasteiger partial charge on any atom is 0.332 e. The van der Waals surface area contributed by atoms with Crippen LogP contribution in [0, 0.1) is 0 Å². The van der Waals surface area contributed by atoms with Crippen LogP contribution in [0.2, 0.25) is 0 Å². The Morgan fingerprint density at radius 2 is 1.64 bits per heavy atom. The fourth-order valence-corrected chi connectivity index (χ4v) is 2.14. The van der Waals surface area contributed by atoms with Gasteiger partial charge in [0.25, 0.3) is 0 Å². The third kappa shape index (κ3) is 15.8. The van der Waals surface area contributed by atoms with Gasteiger partial charge in [0.2, 0.25) is 6.29 Å². The summed E-state index contributed by atoms with van der Waals surface area (Å²) in [6.07, 6.45) is 10.9. The lowest BCUT2D eigenvalue weighted by atomic mass is 10.1. The third-order valence-electron chi connectivity index (χ3n) is 3.31. The van der Waals surface area contributed by atoms with E-state index in [2.05, 4.69) is 18.8 Å². The number of carbonyl (C=O) groups is 1. The van der Waals surface area contributed by atoms with Crippen LogP contribution in [0.1, 0.15) is 72.1 Å². The minimum absolute atomic E-state index is 0. The Hall–Kier alpha value is -0.580. The molecule has 0 radical (unpaired) electrons. The van der Waals surface area contributed by atoms with Crippen molar-refractivity contribution < 1.29 is 14.3 Å². The van der Waals surface area contributed by atoms with E-state index in [0.29, 0.717) is 0 Å². The summed E-state index contributed by atoms with van der Waals surface area (Å²) in [5, 5.41) is 3.28. The molecule has 0 aromatic carbocycles. The largest absolute Gasteiger partial charge is 0.433 e. The minimum atomic E-state index is -0.559. The summed E-state index contributed by atoms with van der Waals surface area (Å²) in [5.41, 5.74) is 0. The highest BCUT2D eigenvalue weighted by molar-refractivity contribution is 5.85. The van der Waals surface area contributed by atoms with Gasteiger partial charge in [0.15, 0.2) is 0 Å². The van der Waals surface area contributed by atoms with E-state index in [4.69, 9.17) is 9.47 Å². The van der Waals surface area contributed by atoms with E-state index in [9.17, 15) is 4.79 Å². The first kappa shape index (κ1) is 23.7.